The third kappa shape index (κ3) is 6.46. The molecule has 29 heavy (non-hydrogen) atoms. The van der Waals surface area contributed by atoms with E-state index in [1.54, 1.807) is 7.05 Å². The standard InChI is InChI=1S/C17H24F4N4O3S/c1-12(28-15-5-3-13(18)4-6-15)11-23-16(22-2)24-14-7-9-25(10-8-14)29(26,27)17(19,20)21/h3-6,12,14H,7-11H2,1-2H3,(H2,22,23,24). The normalized spacial score (nSPS) is 18.3. The quantitative estimate of drug-likeness (QED) is 0.402. The van der Waals surface area contributed by atoms with Crippen LogP contribution in [0, 0.1) is 5.82 Å². The molecule has 1 fully saturated rings. The van der Waals surface area contributed by atoms with Crippen LogP contribution in [0.3, 0.4) is 0 Å². The van der Waals surface area contributed by atoms with Crippen LogP contribution in [0.15, 0.2) is 29.3 Å². The molecule has 7 nitrogen and oxygen atoms in total. The van der Waals surface area contributed by atoms with Gasteiger partial charge in [0.15, 0.2) is 5.96 Å². The Bertz CT molecular complexity index is 792. The first-order valence-corrected chi connectivity index (χ1v) is 10.4. The van der Waals surface area contributed by atoms with E-state index in [-0.39, 0.29) is 43.9 Å². The van der Waals surface area contributed by atoms with Gasteiger partial charge in [-0.3, -0.25) is 4.99 Å². The summed E-state index contributed by atoms with van der Waals surface area (Å²) in [7, 11) is -3.75. The number of alkyl halides is 3. The van der Waals surface area contributed by atoms with Gasteiger partial charge in [0.25, 0.3) is 0 Å². The van der Waals surface area contributed by atoms with Crippen molar-refractivity contribution in [1.29, 1.82) is 0 Å². The van der Waals surface area contributed by atoms with E-state index in [0.717, 1.165) is 0 Å². The minimum absolute atomic E-state index is 0.214. The highest BCUT2D eigenvalue weighted by Gasteiger charge is 2.50. The summed E-state index contributed by atoms with van der Waals surface area (Å²) in [5, 5.41) is 6.12. The Labute approximate surface area is 167 Å². The van der Waals surface area contributed by atoms with E-state index in [1.165, 1.54) is 24.3 Å². The van der Waals surface area contributed by atoms with Gasteiger partial charge in [0.2, 0.25) is 0 Å². The minimum Gasteiger partial charge on any atom is -0.489 e. The summed E-state index contributed by atoms with van der Waals surface area (Å²) >= 11 is 0. The van der Waals surface area contributed by atoms with Crippen LogP contribution in [0.4, 0.5) is 17.6 Å². The second-order valence-electron chi connectivity index (χ2n) is 6.60. The van der Waals surface area contributed by atoms with E-state index in [2.05, 4.69) is 15.6 Å². The van der Waals surface area contributed by atoms with Gasteiger partial charge in [0.1, 0.15) is 17.7 Å². The summed E-state index contributed by atoms with van der Waals surface area (Å²) < 4.78 is 79.8. The van der Waals surface area contributed by atoms with Crippen molar-refractivity contribution in [3.8, 4) is 5.75 Å². The van der Waals surface area contributed by atoms with Gasteiger partial charge in [-0.25, -0.2) is 12.8 Å². The minimum atomic E-state index is -5.29. The molecule has 2 rings (SSSR count). The number of nitrogens with one attached hydrogen (secondary N) is 2. The molecule has 1 aromatic carbocycles. The summed E-state index contributed by atoms with van der Waals surface area (Å²) in [5.74, 6) is 0.584. The van der Waals surface area contributed by atoms with E-state index in [4.69, 9.17) is 4.74 Å². The van der Waals surface area contributed by atoms with Crippen molar-refractivity contribution in [1.82, 2.24) is 14.9 Å². The second-order valence-corrected chi connectivity index (χ2v) is 8.53. The molecule has 0 bridgehead atoms. The van der Waals surface area contributed by atoms with E-state index in [9.17, 15) is 26.0 Å². The SMILES string of the molecule is CN=C(NCC(C)Oc1ccc(F)cc1)NC1CCN(S(=O)(=O)C(F)(F)F)CC1. The van der Waals surface area contributed by atoms with Crippen molar-refractivity contribution >= 4 is 16.0 Å². The first kappa shape index (κ1) is 23.2. The molecule has 1 atom stereocenters. The highest BCUT2D eigenvalue weighted by atomic mass is 32.2. The van der Waals surface area contributed by atoms with Crippen LogP contribution in [-0.2, 0) is 10.0 Å². The molecule has 2 N–H and O–H groups in total. The lowest BCUT2D eigenvalue weighted by molar-refractivity contribution is -0.0494. The molecule has 0 aliphatic carbocycles. The molecular weight excluding hydrogens is 416 g/mol. The van der Waals surface area contributed by atoms with Crippen molar-refractivity contribution < 1.29 is 30.7 Å². The fourth-order valence-electron chi connectivity index (χ4n) is 2.80. The second kappa shape index (κ2) is 9.61. The molecule has 1 aliphatic heterocycles. The Morgan fingerprint density at radius 1 is 1.28 bits per heavy atom. The lowest BCUT2D eigenvalue weighted by atomic mass is 10.1. The number of sulfonamides is 1. The third-order valence-corrected chi connectivity index (χ3v) is 5.99. The Kier molecular flexibility index (Phi) is 7.69. The van der Waals surface area contributed by atoms with E-state index in [1.807, 2.05) is 6.92 Å². The van der Waals surface area contributed by atoms with E-state index < -0.39 is 15.5 Å². The van der Waals surface area contributed by atoms with Gasteiger partial charge in [-0.1, -0.05) is 0 Å². The Balaban J connectivity index is 1.78. The maximum atomic E-state index is 12.9. The number of ether oxygens (including phenoxy) is 1. The number of hydrogen-bond acceptors (Lipinski definition) is 4. The van der Waals surface area contributed by atoms with Crippen molar-refractivity contribution in [3.63, 3.8) is 0 Å². The maximum Gasteiger partial charge on any atom is 0.511 e. The predicted molar refractivity (Wildman–Crippen MR) is 101 cm³/mol. The number of halogens is 4. The number of nitrogens with zero attached hydrogens (tertiary/aromatic N) is 2. The van der Waals surface area contributed by atoms with Gasteiger partial charge in [0.05, 0.1) is 6.54 Å². The van der Waals surface area contributed by atoms with Crippen molar-refractivity contribution in [2.24, 2.45) is 4.99 Å². The average Bonchev–Trinajstić information content (AvgIpc) is 2.66. The van der Waals surface area contributed by atoms with Gasteiger partial charge in [0, 0.05) is 26.2 Å². The summed E-state index contributed by atoms with van der Waals surface area (Å²) in [6, 6.07) is 5.40. The van der Waals surface area contributed by atoms with Crippen LogP contribution >= 0.6 is 0 Å². The van der Waals surface area contributed by atoms with Gasteiger partial charge in [-0.05, 0) is 44.0 Å². The number of aliphatic imine (C=N–C) groups is 1. The van der Waals surface area contributed by atoms with Crippen molar-refractivity contribution in [2.45, 2.75) is 37.4 Å². The van der Waals surface area contributed by atoms with Crippen molar-refractivity contribution in [2.75, 3.05) is 26.7 Å². The fraction of sp³-hybridized carbons (Fsp3) is 0.588. The number of hydrogen-bond donors (Lipinski definition) is 2. The Morgan fingerprint density at radius 3 is 2.38 bits per heavy atom. The number of benzene rings is 1. The monoisotopic (exact) mass is 440 g/mol. The molecule has 0 aromatic heterocycles. The van der Waals surface area contributed by atoms with E-state index >= 15 is 0 Å². The molecule has 1 aromatic rings. The fourth-order valence-corrected chi connectivity index (χ4v) is 3.79. The number of rotatable bonds is 6. The zero-order valence-corrected chi connectivity index (χ0v) is 16.9. The zero-order chi connectivity index (χ0) is 21.7. The topological polar surface area (TPSA) is 83.0 Å². The van der Waals surface area contributed by atoms with Crippen LogP contribution in [-0.4, -0.2) is 63.0 Å². The molecule has 0 spiro atoms. The van der Waals surface area contributed by atoms with Crippen LogP contribution in [0.2, 0.25) is 0 Å². The maximum absolute atomic E-state index is 12.9. The lowest BCUT2D eigenvalue weighted by Crippen LogP contribution is -2.52. The van der Waals surface area contributed by atoms with E-state index in [0.29, 0.717) is 22.6 Å². The molecule has 0 radical (unpaired) electrons. The molecule has 1 saturated heterocycles. The molecule has 1 aliphatic rings. The zero-order valence-electron chi connectivity index (χ0n) is 16.0. The summed E-state index contributed by atoms with van der Waals surface area (Å²) in [6.45, 7) is 1.74. The summed E-state index contributed by atoms with van der Waals surface area (Å²) in [4.78, 5) is 4.06. The van der Waals surface area contributed by atoms with Crippen LogP contribution in [0.25, 0.3) is 0 Å². The molecule has 0 amide bonds. The molecular formula is C17H24F4N4O3S. The third-order valence-electron chi connectivity index (χ3n) is 4.36. The smallest absolute Gasteiger partial charge is 0.489 e. The highest BCUT2D eigenvalue weighted by molar-refractivity contribution is 7.90. The van der Waals surface area contributed by atoms with Gasteiger partial charge in [-0.15, -0.1) is 0 Å². The van der Waals surface area contributed by atoms with Gasteiger partial charge >= 0.3 is 15.5 Å². The lowest BCUT2D eigenvalue weighted by Gasteiger charge is -2.32. The van der Waals surface area contributed by atoms with Crippen LogP contribution in [0.5, 0.6) is 5.75 Å². The van der Waals surface area contributed by atoms with Crippen molar-refractivity contribution in [3.05, 3.63) is 30.1 Å². The first-order chi connectivity index (χ1) is 13.5. The predicted octanol–water partition coefficient (Wildman–Crippen LogP) is 2.07. The molecule has 1 unspecified atom stereocenters. The Morgan fingerprint density at radius 2 is 1.86 bits per heavy atom. The molecule has 164 valence electrons. The summed E-state index contributed by atoms with van der Waals surface area (Å²) in [6.07, 6.45) is 0.174. The average molecular weight is 440 g/mol. The molecule has 0 saturated carbocycles. The number of piperidine rings is 1. The molecule has 1 heterocycles. The largest absolute Gasteiger partial charge is 0.511 e. The van der Waals surface area contributed by atoms with Crippen LogP contribution in [0.1, 0.15) is 19.8 Å². The highest BCUT2D eigenvalue weighted by Crippen LogP contribution is 2.28. The number of guanidine groups is 1. The first-order valence-electron chi connectivity index (χ1n) is 8.98. The Hall–Kier alpha value is -2.08. The molecule has 12 heteroatoms. The van der Waals surface area contributed by atoms with Crippen LogP contribution < -0.4 is 15.4 Å². The summed E-state index contributed by atoms with van der Waals surface area (Å²) in [5.41, 5.74) is -5.29. The van der Waals surface area contributed by atoms with Gasteiger partial charge in [-0.2, -0.15) is 17.5 Å². The van der Waals surface area contributed by atoms with Gasteiger partial charge < -0.3 is 15.4 Å².